The molecule has 51 heavy (non-hydrogen) atoms. The van der Waals surface area contributed by atoms with E-state index in [1.54, 1.807) is 0 Å². The Morgan fingerprint density at radius 1 is 0.490 bits per heavy atom. The third-order valence-electron chi connectivity index (χ3n) is 6.95. The fourth-order valence-electron chi connectivity index (χ4n) is 3.91. The molecule has 0 saturated carbocycles. The molecular formula is C21H14F26O4. The van der Waals surface area contributed by atoms with Crippen molar-refractivity contribution in [2.75, 3.05) is 6.61 Å². The summed E-state index contributed by atoms with van der Waals surface area (Å²) in [6.07, 6.45) is -31.7. The molecule has 1 atom stereocenters. The van der Waals surface area contributed by atoms with E-state index < -0.39 is 128 Å². The van der Waals surface area contributed by atoms with Crippen molar-refractivity contribution in [2.45, 2.75) is 116 Å². The molecule has 1 fully saturated rings. The van der Waals surface area contributed by atoms with Crippen LogP contribution < -0.4 is 0 Å². The second-order valence-corrected chi connectivity index (χ2v) is 10.6. The van der Waals surface area contributed by atoms with Gasteiger partial charge in [0.15, 0.2) is 5.79 Å². The molecule has 304 valence electrons. The molecular weight excluding hydrogens is 810 g/mol. The van der Waals surface area contributed by atoms with Gasteiger partial charge < -0.3 is 14.6 Å². The van der Waals surface area contributed by atoms with Crippen LogP contribution in [0.25, 0.3) is 0 Å². The lowest BCUT2D eigenvalue weighted by Crippen LogP contribution is -2.70. The zero-order valence-corrected chi connectivity index (χ0v) is 23.3. The summed E-state index contributed by atoms with van der Waals surface area (Å²) in [5.41, 5.74) is 0. The van der Waals surface area contributed by atoms with E-state index in [0.29, 0.717) is 0 Å². The smallest absolute Gasteiger partial charge is 0.460 e. The van der Waals surface area contributed by atoms with Gasteiger partial charge in [-0.1, -0.05) is 0 Å². The average Bonchev–Trinajstić information content (AvgIpc) is 3.31. The molecule has 0 spiro atoms. The summed E-state index contributed by atoms with van der Waals surface area (Å²) in [7, 11) is 0. The van der Waals surface area contributed by atoms with Crippen molar-refractivity contribution in [3.8, 4) is 0 Å². The standard InChI is InChI=1S/C21H14F26O4/c22-10(23,12(26,27)14(30,31)16(34,35)18(38,39)20(42,43)44)3-1-9(50-6-7(51-9)5-8(48)49)2-4-11(24,25)13(28,29)15(32,33)17(36,37)19(40,41)21(45,46)47/h7H,1-6H2,(H,48,49). The van der Waals surface area contributed by atoms with Crippen LogP contribution in [0.3, 0.4) is 0 Å². The Morgan fingerprint density at radius 3 is 1.02 bits per heavy atom. The molecule has 4 nitrogen and oxygen atoms in total. The van der Waals surface area contributed by atoms with E-state index in [2.05, 4.69) is 9.47 Å². The molecule has 1 aliphatic heterocycles. The first-order valence-corrected chi connectivity index (χ1v) is 12.4. The van der Waals surface area contributed by atoms with Crippen molar-refractivity contribution >= 4 is 5.97 Å². The van der Waals surface area contributed by atoms with Gasteiger partial charge in [-0.2, -0.15) is 114 Å². The van der Waals surface area contributed by atoms with E-state index in [1.807, 2.05) is 0 Å². The first-order valence-electron chi connectivity index (χ1n) is 12.4. The molecule has 0 amide bonds. The van der Waals surface area contributed by atoms with Gasteiger partial charge in [-0.3, -0.25) is 4.79 Å². The van der Waals surface area contributed by atoms with Crippen LogP contribution >= 0.6 is 0 Å². The van der Waals surface area contributed by atoms with Gasteiger partial charge in [0.25, 0.3) is 0 Å². The minimum atomic E-state index is -8.44. The number of carbonyl (C=O) groups is 1. The van der Waals surface area contributed by atoms with Crippen LogP contribution in [0.5, 0.6) is 0 Å². The number of carboxylic acids is 1. The maximum atomic E-state index is 14.3. The molecule has 1 aliphatic rings. The molecule has 1 N–H and O–H groups in total. The third kappa shape index (κ3) is 7.27. The number of rotatable bonds is 16. The number of hydrogen-bond acceptors (Lipinski definition) is 3. The third-order valence-corrected chi connectivity index (χ3v) is 6.95. The average molecular weight is 824 g/mol. The Morgan fingerprint density at radius 2 is 0.765 bits per heavy atom. The summed E-state index contributed by atoms with van der Waals surface area (Å²) in [6.45, 7) is -1.52. The number of ether oxygens (including phenoxy) is 2. The van der Waals surface area contributed by atoms with E-state index in [-0.39, 0.29) is 0 Å². The predicted molar refractivity (Wildman–Crippen MR) is 106 cm³/mol. The molecule has 0 bridgehead atoms. The van der Waals surface area contributed by atoms with Crippen LogP contribution in [0.1, 0.15) is 32.1 Å². The zero-order valence-electron chi connectivity index (χ0n) is 23.3. The second kappa shape index (κ2) is 12.9. The van der Waals surface area contributed by atoms with Crippen LogP contribution in [0.4, 0.5) is 114 Å². The highest BCUT2D eigenvalue weighted by atomic mass is 19.4. The molecule has 1 saturated heterocycles. The van der Waals surface area contributed by atoms with Gasteiger partial charge in [-0.25, -0.2) is 0 Å². The maximum absolute atomic E-state index is 14.3. The second-order valence-electron chi connectivity index (χ2n) is 10.6. The largest absolute Gasteiger partial charge is 0.481 e. The quantitative estimate of drug-likeness (QED) is 0.158. The summed E-state index contributed by atoms with van der Waals surface area (Å²) in [4.78, 5) is 10.8. The van der Waals surface area contributed by atoms with Crippen LogP contribution in [-0.2, 0) is 14.3 Å². The van der Waals surface area contributed by atoms with Gasteiger partial charge in [0.05, 0.1) is 19.1 Å². The molecule has 1 heterocycles. The molecule has 0 aliphatic carbocycles. The van der Waals surface area contributed by atoms with Gasteiger partial charge in [-0.15, -0.1) is 0 Å². The lowest BCUT2D eigenvalue weighted by atomic mass is 9.88. The number of aliphatic carboxylic acids is 1. The first kappa shape index (κ1) is 46.6. The van der Waals surface area contributed by atoms with Gasteiger partial charge in [0.1, 0.15) is 0 Å². The summed E-state index contributed by atoms with van der Waals surface area (Å²) in [5, 5.41) is 8.69. The van der Waals surface area contributed by atoms with Crippen molar-refractivity contribution < 1.29 is 134 Å². The summed E-state index contributed by atoms with van der Waals surface area (Å²) in [5.74, 6) is -86.4. The highest BCUT2D eigenvalue weighted by Gasteiger charge is 2.92. The van der Waals surface area contributed by atoms with Crippen LogP contribution in [0.15, 0.2) is 0 Å². The maximum Gasteiger partial charge on any atom is 0.460 e. The van der Waals surface area contributed by atoms with Crippen LogP contribution in [-0.4, -0.2) is 101 Å². The SMILES string of the molecule is O=C(O)CC1COC(CCC(F)(F)C(F)(F)C(F)(F)C(F)(F)C(F)(F)C(F)(F)F)(CCC(F)(F)C(F)(F)C(F)(F)C(F)(F)C(F)(F)C(F)(F)F)O1. The van der Waals surface area contributed by atoms with Crippen molar-refractivity contribution in [1.29, 1.82) is 0 Å². The molecule has 30 heteroatoms. The van der Waals surface area contributed by atoms with E-state index >= 15 is 0 Å². The number of halogens is 26. The van der Waals surface area contributed by atoms with E-state index in [0.717, 1.165) is 0 Å². The lowest BCUT2D eigenvalue weighted by molar-refractivity contribution is -0.441. The van der Waals surface area contributed by atoms with E-state index in [9.17, 15) is 119 Å². The Bertz CT molecular complexity index is 1170. The van der Waals surface area contributed by atoms with Gasteiger partial charge in [0, 0.05) is 25.7 Å². The van der Waals surface area contributed by atoms with E-state index in [4.69, 9.17) is 5.11 Å². The molecule has 1 unspecified atom stereocenters. The molecule has 1 rings (SSSR count). The Kier molecular flexibility index (Phi) is 11.7. The number of carboxylic acid groups (broad SMARTS) is 1. The fourth-order valence-corrected chi connectivity index (χ4v) is 3.91. The predicted octanol–water partition coefficient (Wildman–Crippen LogP) is 9.61. The molecule has 0 aromatic rings. The van der Waals surface area contributed by atoms with Crippen LogP contribution in [0.2, 0.25) is 0 Å². The van der Waals surface area contributed by atoms with Crippen molar-refractivity contribution in [3.05, 3.63) is 0 Å². The topological polar surface area (TPSA) is 55.8 Å². The van der Waals surface area contributed by atoms with Gasteiger partial charge >= 0.3 is 77.5 Å². The summed E-state index contributed by atoms with van der Waals surface area (Å²) in [6, 6.07) is 0. The van der Waals surface area contributed by atoms with Crippen molar-refractivity contribution in [2.24, 2.45) is 0 Å². The molecule has 0 aromatic heterocycles. The zero-order chi connectivity index (χ0) is 41.3. The minimum absolute atomic E-state index is 1.52. The number of hydrogen-bond donors (Lipinski definition) is 1. The van der Waals surface area contributed by atoms with Crippen molar-refractivity contribution in [1.82, 2.24) is 0 Å². The highest BCUT2D eigenvalue weighted by Crippen LogP contribution is 2.63. The fraction of sp³-hybridized carbons (Fsp3) is 0.952. The number of alkyl halides is 26. The molecule has 0 aromatic carbocycles. The Balaban J connectivity index is 3.59. The highest BCUT2D eigenvalue weighted by molar-refractivity contribution is 5.67. The lowest BCUT2D eigenvalue weighted by Gasteiger charge is -2.41. The minimum Gasteiger partial charge on any atom is -0.481 e. The first-order chi connectivity index (χ1) is 21.9. The molecule has 0 radical (unpaired) electrons. The Labute approximate surface area is 263 Å². The van der Waals surface area contributed by atoms with Crippen LogP contribution in [0, 0.1) is 0 Å². The monoisotopic (exact) mass is 824 g/mol. The normalized spacial score (nSPS) is 19.8. The summed E-state index contributed by atoms with van der Waals surface area (Å²) < 4.78 is 356. The van der Waals surface area contributed by atoms with Gasteiger partial charge in [-0.05, 0) is 0 Å². The summed E-state index contributed by atoms with van der Waals surface area (Å²) >= 11 is 0. The van der Waals surface area contributed by atoms with E-state index in [1.165, 1.54) is 0 Å². The Hall–Kier alpha value is -2.43. The van der Waals surface area contributed by atoms with Gasteiger partial charge in [0.2, 0.25) is 0 Å². The van der Waals surface area contributed by atoms with Crippen molar-refractivity contribution in [3.63, 3.8) is 0 Å².